The highest BCUT2D eigenvalue weighted by atomic mass is 32.2. The highest BCUT2D eigenvalue weighted by Gasteiger charge is 2.29. The predicted molar refractivity (Wildman–Crippen MR) is 121 cm³/mol. The second kappa shape index (κ2) is 9.33. The van der Waals surface area contributed by atoms with Gasteiger partial charge in [-0.05, 0) is 31.4 Å². The normalized spacial score (nSPS) is 15.8. The minimum atomic E-state index is -3.20. The molecule has 3 aromatic rings. The Morgan fingerprint density at radius 2 is 1.94 bits per heavy atom. The molecule has 1 amide bonds. The van der Waals surface area contributed by atoms with Crippen molar-refractivity contribution in [2.45, 2.75) is 32.2 Å². The Morgan fingerprint density at radius 1 is 1.19 bits per heavy atom. The molecular weight excluding hydrogens is 434 g/mol. The van der Waals surface area contributed by atoms with Gasteiger partial charge in [0.1, 0.15) is 4.88 Å². The molecule has 1 aliphatic heterocycles. The van der Waals surface area contributed by atoms with Gasteiger partial charge in [0.15, 0.2) is 10.8 Å². The van der Waals surface area contributed by atoms with Crippen LogP contribution in [0.3, 0.4) is 0 Å². The van der Waals surface area contributed by atoms with Crippen molar-refractivity contribution in [1.82, 2.24) is 14.6 Å². The number of hydrogen-bond acceptors (Lipinski definition) is 6. The number of aromatic nitrogens is 1. The molecule has 7 nitrogen and oxygen atoms in total. The van der Waals surface area contributed by atoms with Gasteiger partial charge in [-0.2, -0.15) is 0 Å². The summed E-state index contributed by atoms with van der Waals surface area (Å²) in [5.41, 5.74) is 1.49. The summed E-state index contributed by atoms with van der Waals surface area (Å²) in [4.78, 5) is 18.4. The Balaban J connectivity index is 1.51. The lowest BCUT2D eigenvalue weighted by Gasteiger charge is -2.31. The first-order valence-corrected chi connectivity index (χ1v) is 12.8. The molecule has 1 fully saturated rings. The number of nitrogens with zero attached hydrogens (tertiary/aromatic N) is 2. The Hall–Kier alpha value is -2.49. The summed E-state index contributed by atoms with van der Waals surface area (Å²) in [6.07, 6.45) is 3.38. The van der Waals surface area contributed by atoms with Crippen LogP contribution in [-0.2, 0) is 10.0 Å². The molecule has 0 spiro atoms. The fraction of sp³-hybridized carbons (Fsp3) is 0.364. The summed E-state index contributed by atoms with van der Waals surface area (Å²) >= 11 is 1.30. The van der Waals surface area contributed by atoms with Crippen LogP contribution in [0.4, 0.5) is 0 Å². The van der Waals surface area contributed by atoms with E-state index in [1.807, 2.05) is 43.3 Å². The molecular formula is C22H25N3O4S2. The van der Waals surface area contributed by atoms with E-state index in [0.717, 1.165) is 5.56 Å². The molecule has 4 rings (SSSR count). The van der Waals surface area contributed by atoms with Crippen molar-refractivity contribution in [3.63, 3.8) is 0 Å². The van der Waals surface area contributed by atoms with Gasteiger partial charge < -0.3 is 9.73 Å². The zero-order valence-corrected chi connectivity index (χ0v) is 18.9. The third-order valence-corrected chi connectivity index (χ3v) is 8.40. The molecule has 31 heavy (non-hydrogen) atoms. The Kier molecular flexibility index (Phi) is 6.54. The van der Waals surface area contributed by atoms with Gasteiger partial charge in [-0.25, -0.2) is 17.7 Å². The van der Waals surface area contributed by atoms with Crippen LogP contribution in [0.25, 0.3) is 22.0 Å². The summed E-state index contributed by atoms with van der Waals surface area (Å²) in [6, 6.07) is 13.1. The van der Waals surface area contributed by atoms with E-state index in [1.165, 1.54) is 15.6 Å². The van der Waals surface area contributed by atoms with E-state index in [9.17, 15) is 13.2 Å². The van der Waals surface area contributed by atoms with Crippen LogP contribution in [0.15, 0.2) is 53.1 Å². The third kappa shape index (κ3) is 4.89. The molecule has 0 aliphatic carbocycles. The Labute approximate surface area is 186 Å². The van der Waals surface area contributed by atoms with Gasteiger partial charge in [0.05, 0.1) is 17.7 Å². The van der Waals surface area contributed by atoms with Gasteiger partial charge in [0.2, 0.25) is 10.0 Å². The van der Waals surface area contributed by atoms with Gasteiger partial charge in [0.25, 0.3) is 5.91 Å². The van der Waals surface area contributed by atoms with Crippen molar-refractivity contribution in [2.75, 3.05) is 18.8 Å². The van der Waals surface area contributed by atoms with Crippen LogP contribution in [0.1, 0.15) is 35.9 Å². The van der Waals surface area contributed by atoms with Gasteiger partial charge in [0, 0.05) is 24.7 Å². The van der Waals surface area contributed by atoms with Crippen LogP contribution < -0.4 is 5.32 Å². The van der Waals surface area contributed by atoms with Crippen molar-refractivity contribution in [3.05, 3.63) is 53.6 Å². The summed E-state index contributed by atoms with van der Waals surface area (Å²) in [7, 11) is -3.20. The molecule has 1 saturated heterocycles. The number of carbonyl (C=O) groups excluding carboxylic acids is 1. The maximum absolute atomic E-state index is 13.2. The Morgan fingerprint density at radius 3 is 2.58 bits per heavy atom. The number of furan rings is 1. The number of piperidine rings is 1. The third-order valence-electron chi connectivity index (χ3n) is 5.26. The van der Waals surface area contributed by atoms with Gasteiger partial charge in [-0.15, -0.1) is 11.3 Å². The molecule has 1 aliphatic rings. The van der Waals surface area contributed by atoms with Crippen LogP contribution in [0, 0.1) is 0 Å². The van der Waals surface area contributed by atoms with Gasteiger partial charge in [-0.3, -0.25) is 4.79 Å². The van der Waals surface area contributed by atoms with Crippen LogP contribution in [0.5, 0.6) is 0 Å². The first kappa shape index (κ1) is 21.7. The predicted octanol–water partition coefficient (Wildman–Crippen LogP) is 4.00. The Bertz CT molecular complexity index is 1120. The average molecular weight is 460 g/mol. The molecule has 2 aromatic heterocycles. The lowest BCUT2D eigenvalue weighted by Crippen LogP contribution is -2.47. The first-order valence-electron chi connectivity index (χ1n) is 10.4. The quantitative estimate of drug-likeness (QED) is 0.576. The molecule has 0 radical (unpaired) electrons. The standard InChI is InChI=1S/C22H25N3O4S2/c1-2-15-31(27,28)25-12-10-17(11-13-25)23-21(26)20-19(16-7-4-3-5-8-16)24-22(30-20)18-9-6-14-29-18/h3-9,14,17H,2,10-13,15H2,1H3,(H,23,26). The molecule has 0 unspecified atom stereocenters. The fourth-order valence-corrected chi connectivity index (χ4v) is 6.19. The number of thiazole rings is 1. The minimum absolute atomic E-state index is 0.0710. The number of nitrogens with one attached hydrogen (secondary N) is 1. The topological polar surface area (TPSA) is 92.5 Å². The molecule has 1 aromatic carbocycles. The van der Waals surface area contributed by atoms with E-state index < -0.39 is 10.0 Å². The smallest absolute Gasteiger partial charge is 0.263 e. The van der Waals surface area contributed by atoms with Crippen molar-refractivity contribution < 1.29 is 17.6 Å². The molecule has 1 N–H and O–H groups in total. The van der Waals surface area contributed by atoms with Crippen molar-refractivity contribution in [3.8, 4) is 22.0 Å². The van der Waals surface area contributed by atoms with E-state index in [0.29, 0.717) is 53.7 Å². The fourth-order valence-electron chi connectivity index (χ4n) is 3.69. The molecule has 164 valence electrons. The van der Waals surface area contributed by atoms with E-state index in [4.69, 9.17) is 4.42 Å². The maximum atomic E-state index is 13.2. The van der Waals surface area contributed by atoms with Crippen LogP contribution >= 0.6 is 11.3 Å². The average Bonchev–Trinajstić information content (AvgIpc) is 3.45. The molecule has 9 heteroatoms. The number of sulfonamides is 1. The zero-order valence-electron chi connectivity index (χ0n) is 17.3. The summed E-state index contributed by atoms with van der Waals surface area (Å²) in [5.74, 6) is 0.598. The van der Waals surface area contributed by atoms with E-state index >= 15 is 0 Å². The maximum Gasteiger partial charge on any atom is 0.263 e. The van der Waals surface area contributed by atoms with Crippen LogP contribution in [0.2, 0.25) is 0 Å². The summed E-state index contributed by atoms with van der Waals surface area (Å²) < 4.78 is 31.6. The van der Waals surface area contributed by atoms with E-state index in [2.05, 4.69) is 10.3 Å². The zero-order chi connectivity index (χ0) is 21.8. The molecule has 0 bridgehead atoms. The van der Waals surface area contributed by atoms with Crippen LogP contribution in [-0.4, -0.2) is 48.5 Å². The SMILES string of the molecule is CCCS(=O)(=O)N1CCC(NC(=O)c2sc(-c3ccco3)nc2-c2ccccc2)CC1. The molecule has 0 atom stereocenters. The van der Waals surface area contributed by atoms with Crippen molar-refractivity contribution in [2.24, 2.45) is 0 Å². The van der Waals surface area contributed by atoms with E-state index in [1.54, 1.807) is 12.3 Å². The second-order valence-electron chi connectivity index (χ2n) is 7.50. The molecule has 3 heterocycles. The number of amides is 1. The number of benzene rings is 1. The monoisotopic (exact) mass is 459 g/mol. The largest absolute Gasteiger partial charge is 0.462 e. The lowest BCUT2D eigenvalue weighted by molar-refractivity contribution is 0.0928. The molecule has 0 saturated carbocycles. The summed E-state index contributed by atoms with van der Waals surface area (Å²) in [5, 5.41) is 3.73. The van der Waals surface area contributed by atoms with Crippen molar-refractivity contribution in [1.29, 1.82) is 0 Å². The van der Waals surface area contributed by atoms with Gasteiger partial charge >= 0.3 is 0 Å². The highest BCUT2D eigenvalue weighted by molar-refractivity contribution is 7.89. The first-order chi connectivity index (χ1) is 15.0. The van der Waals surface area contributed by atoms with Gasteiger partial charge in [-0.1, -0.05) is 37.3 Å². The lowest BCUT2D eigenvalue weighted by atomic mass is 10.1. The summed E-state index contributed by atoms with van der Waals surface area (Å²) in [6.45, 7) is 2.72. The second-order valence-corrected chi connectivity index (χ2v) is 10.6. The number of rotatable bonds is 7. The highest BCUT2D eigenvalue weighted by Crippen LogP contribution is 2.34. The van der Waals surface area contributed by atoms with E-state index in [-0.39, 0.29) is 17.7 Å². The number of hydrogen-bond donors (Lipinski definition) is 1. The number of carbonyl (C=O) groups is 1. The minimum Gasteiger partial charge on any atom is -0.462 e. The van der Waals surface area contributed by atoms with Crippen molar-refractivity contribution >= 4 is 27.3 Å².